The highest BCUT2D eigenvalue weighted by Crippen LogP contribution is 2.47. The first kappa shape index (κ1) is 18.7. The van der Waals surface area contributed by atoms with Gasteiger partial charge in [-0.05, 0) is 32.9 Å². The van der Waals surface area contributed by atoms with Crippen molar-refractivity contribution in [3.8, 4) is 0 Å². The largest absolute Gasteiger partial charge is 0.335 e. The van der Waals surface area contributed by atoms with Crippen molar-refractivity contribution in [1.82, 2.24) is 0 Å². The summed E-state index contributed by atoms with van der Waals surface area (Å²) in [6, 6.07) is 5.07. The number of hydrogen-bond acceptors (Lipinski definition) is 5. The van der Waals surface area contributed by atoms with Crippen molar-refractivity contribution in [3.05, 3.63) is 61.1 Å². The molecule has 0 saturated heterocycles. The summed E-state index contributed by atoms with van der Waals surface area (Å²) in [5, 5.41) is 13.4. The lowest BCUT2D eigenvalue weighted by atomic mass is 10.2. The quantitative estimate of drug-likeness (QED) is 0.408. The van der Waals surface area contributed by atoms with Crippen LogP contribution in [0.15, 0.2) is 40.3 Å². The van der Waals surface area contributed by atoms with Crippen LogP contribution in [0.2, 0.25) is 0 Å². The van der Waals surface area contributed by atoms with Crippen LogP contribution in [-0.2, 0) is 6.54 Å². The zero-order valence-electron chi connectivity index (χ0n) is 15.4. The lowest BCUT2D eigenvalue weighted by Crippen LogP contribution is -2.36. The van der Waals surface area contributed by atoms with E-state index in [0.717, 1.165) is 28.7 Å². The molecule has 0 fully saturated rings. The summed E-state index contributed by atoms with van der Waals surface area (Å²) in [4.78, 5) is 15.2. The van der Waals surface area contributed by atoms with E-state index in [0.29, 0.717) is 0 Å². The average Bonchev–Trinajstić information content (AvgIpc) is 3.10. The van der Waals surface area contributed by atoms with Gasteiger partial charge in [0.1, 0.15) is 6.54 Å². The molecule has 1 aromatic carbocycles. The van der Waals surface area contributed by atoms with Crippen LogP contribution in [-0.4, -0.2) is 11.5 Å². The van der Waals surface area contributed by atoms with Gasteiger partial charge in [0.05, 0.1) is 20.5 Å². The number of aromatic nitrogens is 1. The molecule has 5 nitrogen and oxygen atoms in total. The first-order chi connectivity index (χ1) is 12.5. The topological polar surface area (TPSA) is 50.3 Å². The Morgan fingerprint density at radius 1 is 1.31 bits per heavy atom. The molecule has 0 unspecified atom stereocenters. The molecule has 1 aromatic heterocycles. The van der Waals surface area contributed by atoms with Gasteiger partial charge >= 0.3 is 0 Å². The molecule has 0 saturated carbocycles. The molecule has 136 valence electrons. The standard InChI is InChI=1S/C19H22N3O2S2/c1-5-20-13(3)14(4)25-18(20)8-7-9-19-21(6-2)16-12-15(22(23)24)10-11-17(16)26-19/h7-12H,5-6H2,1-4H3/q+1. The molecule has 0 amide bonds. The second-order valence-electron chi connectivity index (χ2n) is 5.95. The van der Waals surface area contributed by atoms with Crippen LogP contribution in [0.1, 0.15) is 29.4 Å². The molecule has 7 heteroatoms. The third kappa shape index (κ3) is 3.41. The minimum Gasteiger partial charge on any atom is -0.335 e. The number of hydrogen-bond donors (Lipinski definition) is 0. The van der Waals surface area contributed by atoms with Gasteiger partial charge in [0.2, 0.25) is 0 Å². The van der Waals surface area contributed by atoms with Gasteiger partial charge in [0.15, 0.2) is 5.69 Å². The van der Waals surface area contributed by atoms with Crippen molar-refractivity contribution in [2.75, 3.05) is 11.4 Å². The Kier molecular flexibility index (Phi) is 5.48. The first-order valence-corrected chi connectivity index (χ1v) is 10.2. The zero-order valence-corrected chi connectivity index (χ0v) is 17.0. The van der Waals surface area contributed by atoms with E-state index in [1.54, 1.807) is 35.2 Å². The van der Waals surface area contributed by atoms with Crippen LogP contribution >= 0.6 is 23.1 Å². The molecule has 2 heterocycles. The SMILES string of the molecule is CCN1C(=CC=Cc2sc(C)c(C)[n+]2CC)Sc2ccc([N+](=O)[O-])cc21. The second kappa shape index (κ2) is 7.63. The summed E-state index contributed by atoms with van der Waals surface area (Å²) < 4.78 is 2.31. The van der Waals surface area contributed by atoms with E-state index in [2.05, 4.69) is 55.4 Å². The van der Waals surface area contributed by atoms with Crippen molar-refractivity contribution in [1.29, 1.82) is 0 Å². The highest BCUT2D eigenvalue weighted by Gasteiger charge is 2.25. The van der Waals surface area contributed by atoms with Crippen molar-refractivity contribution < 1.29 is 9.49 Å². The van der Waals surface area contributed by atoms with Crippen molar-refractivity contribution in [2.45, 2.75) is 39.1 Å². The summed E-state index contributed by atoms with van der Waals surface area (Å²) in [5.41, 5.74) is 2.36. The summed E-state index contributed by atoms with van der Waals surface area (Å²) in [7, 11) is 0. The number of nitrogens with zero attached hydrogens (tertiary/aromatic N) is 3. The first-order valence-electron chi connectivity index (χ1n) is 8.58. The van der Waals surface area contributed by atoms with E-state index < -0.39 is 0 Å². The fourth-order valence-corrected chi connectivity index (χ4v) is 5.24. The number of nitro groups is 1. The molecule has 0 spiro atoms. The maximum atomic E-state index is 11.0. The highest BCUT2D eigenvalue weighted by atomic mass is 32.2. The van der Waals surface area contributed by atoms with Crippen LogP contribution in [0.3, 0.4) is 0 Å². The molecular weight excluding hydrogens is 366 g/mol. The Balaban J connectivity index is 1.88. The molecule has 3 rings (SSSR count). The summed E-state index contributed by atoms with van der Waals surface area (Å²) in [6.07, 6.45) is 6.30. The van der Waals surface area contributed by atoms with E-state index in [1.807, 2.05) is 6.07 Å². The number of anilines is 1. The number of rotatable bonds is 5. The van der Waals surface area contributed by atoms with Gasteiger partial charge in [-0.15, -0.1) is 0 Å². The van der Waals surface area contributed by atoms with Gasteiger partial charge in [-0.1, -0.05) is 29.2 Å². The predicted molar refractivity (Wildman–Crippen MR) is 109 cm³/mol. The monoisotopic (exact) mass is 388 g/mol. The van der Waals surface area contributed by atoms with E-state index in [1.165, 1.54) is 15.6 Å². The second-order valence-corrected chi connectivity index (χ2v) is 8.24. The molecule has 0 bridgehead atoms. The summed E-state index contributed by atoms with van der Waals surface area (Å²) >= 11 is 3.45. The van der Waals surface area contributed by atoms with Crippen LogP contribution in [0.25, 0.3) is 6.08 Å². The van der Waals surface area contributed by atoms with Crippen molar-refractivity contribution >= 4 is 40.5 Å². The predicted octanol–water partition coefficient (Wildman–Crippen LogP) is 5.07. The number of thiazole rings is 1. The van der Waals surface area contributed by atoms with E-state index in [9.17, 15) is 10.1 Å². The van der Waals surface area contributed by atoms with Crippen molar-refractivity contribution in [3.63, 3.8) is 0 Å². The molecule has 0 aliphatic carbocycles. The summed E-state index contributed by atoms with van der Waals surface area (Å²) in [6.45, 7) is 10.2. The van der Waals surface area contributed by atoms with Crippen LogP contribution in [0.4, 0.5) is 11.4 Å². The number of allylic oxidation sites excluding steroid dienone is 2. The van der Waals surface area contributed by atoms with Crippen LogP contribution < -0.4 is 9.47 Å². The molecule has 1 aliphatic heterocycles. The fraction of sp³-hybridized carbons (Fsp3) is 0.316. The molecule has 26 heavy (non-hydrogen) atoms. The number of aryl methyl sites for hydroxylation is 1. The molecule has 1 aliphatic rings. The fourth-order valence-electron chi connectivity index (χ4n) is 3.02. The van der Waals surface area contributed by atoms with E-state index in [4.69, 9.17) is 0 Å². The van der Waals surface area contributed by atoms with Crippen molar-refractivity contribution in [2.24, 2.45) is 0 Å². The third-order valence-corrected chi connectivity index (χ3v) is 6.77. The number of nitro benzene ring substituents is 1. The Labute approximate surface area is 161 Å². The number of thioether (sulfide) groups is 1. The Morgan fingerprint density at radius 2 is 2.08 bits per heavy atom. The number of fused-ring (bicyclic) bond motifs is 1. The molecule has 0 N–H and O–H groups in total. The zero-order chi connectivity index (χ0) is 18.8. The van der Waals surface area contributed by atoms with Crippen LogP contribution in [0, 0.1) is 24.0 Å². The Bertz CT molecular complexity index is 916. The van der Waals surface area contributed by atoms with Gasteiger partial charge < -0.3 is 4.90 Å². The average molecular weight is 389 g/mol. The highest BCUT2D eigenvalue weighted by molar-refractivity contribution is 8.03. The van der Waals surface area contributed by atoms with E-state index >= 15 is 0 Å². The van der Waals surface area contributed by atoms with Gasteiger partial charge in [-0.3, -0.25) is 10.1 Å². The number of non-ortho nitro benzene ring substituents is 1. The smallest absolute Gasteiger partial charge is 0.271 e. The van der Waals surface area contributed by atoms with Gasteiger partial charge in [-0.2, -0.15) is 4.57 Å². The Hall–Kier alpha value is -2.12. The normalized spacial score (nSPS) is 15.2. The lowest BCUT2D eigenvalue weighted by Gasteiger charge is -2.17. The lowest BCUT2D eigenvalue weighted by molar-refractivity contribution is -0.696. The van der Waals surface area contributed by atoms with Gasteiger partial charge in [0, 0.05) is 36.6 Å². The number of benzene rings is 1. The molecule has 0 radical (unpaired) electrons. The summed E-state index contributed by atoms with van der Waals surface area (Å²) in [5.74, 6) is 0. The minimum absolute atomic E-state index is 0.133. The maximum Gasteiger partial charge on any atom is 0.271 e. The molecule has 0 atom stereocenters. The maximum absolute atomic E-state index is 11.0. The third-order valence-electron chi connectivity index (χ3n) is 4.47. The van der Waals surface area contributed by atoms with Gasteiger partial charge in [-0.25, -0.2) is 0 Å². The molecule has 2 aromatic rings. The van der Waals surface area contributed by atoms with Gasteiger partial charge in [0.25, 0.3) is 10.7 Å². The van der Waals surface area contributed by atoms with Crippen LogP contribution in [0.5, 0.6) is 0 Å². The Morgan fingerprint density at radius 3 is 2.73 bits per heavy atom. The molecular formula is C19H22N3O2S2+. The van der Waals surface area contributed by atoms with E-state index in [-0.39, 0.29) is 10.6 Å². The minimum atomic E-state index is -0.342.